The fourth-order valence-electron chi connectivity index (χ4n) is 4.09. The number of hydrogen-bond donors (Lipinski definition) is 1. The molecule has 1 aliphatic heterocycles. The summed E-state index contributed by atoms with van der Waals surface area (Å²) in [5.41, 5.74) is 2.22. The largest absolute Gasteiger partial charge is 0.507 e. The molecule has 0 saturated carbocycles. The van der Waals surface area contributed by atoms with E-state index < -0.39 is 17.7 Å². The molecular formula is C28H31N3O4S. The van der Waals surface area contributed by atoms with E-state index >= 15 is 0 Å². The van der Waals surface area contributed by atoms with E-state index in [1.807, 2.05) is 24.3 Å². The summed E-state index contributed by atoms with van der Waals surface area (Å²) >= 11 is 1.23. The van der Waals surface area contributed by atoms with Crippen LogP contribution in [0.2, 0.25) is 0 Å². The molecule has 1 atom stereocenters. The highest BCUT2D eigenvalue weighted by atomic mass is 32.1. The first-order valence-corrected chi connectivity index (χ1v) is 12.9. The Balaban J connectivity index is 1.80. The van der Waals surface area contributed by atoms with Crippen LogP contribution < -0.4 is 9.64 Å². The first-order valence-electron chi connectivity index (χ1n) is 12.1. The zero-order valence-corrected chi connectivity index (χ0v) is 22.1. The summed E-state index contributed by atoms with van der Waals surface area (Å²) in [5, 5.41) is 20.5. The number of aryl methyl sites for hydroxylation is 1. The molecule has 1 fully saturated rings. The Hall–Kier alpha value is -3.52. The molecule has 1 amide bonds. The van der Waals surface area contributed by atoms with E-state index in [-0.39, 0.29) is 16.7 Å². The van der Waals surface area contributed by atoms with Crippen LogP contribution in [0.3, 0.4) is 0 Å². The molecule has 2 aromatic carbocycles. The fourth-order valence-corrected chi connectivity index (χ4v) is 4.81. The van der Waals surface area contributed by atoms with Gasteiger partial charge in [0.25, 0.3) is 5.78 Å². The lowest BCUT2D eigenvalue weighted by Crippen LogP contribution is -2.29. The number of ketones is 1. The summed E-state index contributed by atoms with van der Waals surface area (Å²) in [6, 6.07) is 13.8. The number of Topliss-reactive ketones (excluding diaryl/α,β-unsaturated/α-hetero) is 1. The Kier molecular flexibility index (Phi) is 7.26. The second-order valence-electron chi connectivity index (χ2n) is 9.87. The molecule has 4 rings (SSSR count). The number of hydrogen-bond acceptors (Lipinski definition) is 7. The number of carbonyl (C=O) groups excluding carboxylic acids is 2. The van der Waals surface area contributed by atoms with E-state index in [1.165, 1.54) is 16.2 Å². The van der Waals surface area contributed by atoms with Crippen molar-refractivity contribution < 1.29 is 19.4 Å². The van der Waals surface area contributed by atoms with Crippen LogP contribution in [0.5, 0.6) is 5.75 Å². The van der Waals surface area contributed by atoms with Crippen molar-refractivity contribution in [3.8, 4) is 5.75 Å². The summed E-state index contributed by atoms with van der Waals surface area (Å²) in [6.45, 7) is 10.8. The second-order valence-corrected chi connectivity index (χ2v) is 11.0. The fraction of sp³-hybridized carbons (Fsp3) is 0.357. The molecule has 1 saturated heterocycles. The molecule has 1 aromatic heterocycles. The summed E-state index contributed by atoms with van der Waals surface area (Å²) in [5.74, 6) is -1.05. The maximum absolute atomic E-state index is 13.3. The molecule has 0 bridgehead atoms. The maximum Gasteiger partial charge on any atom is 0.301 e. The van der Waals surface area contributed by atoms with E-state index in [2.05, 4.69) is 37.9 Å². The van der Waals surface area contributed by atoms with Crippen LogP contribution in [0.1, 0.15) is 68.3 Å². The average molecular weight is 506 g/mol. The molecule has 1 aliphatic rings. The molecule has 0 spiro atoms. The lowest BCUT2D eigenvalue weighted by molar-refractivity contribution is -0.132. The van der Waals surface area contributed by atoms with Crippen molar-refractivity contribution in [2.75, 3.05) is 11.5 Å². The van der Waals surface area contributed by atoms with Gasteiger partial charge in [0.15, 0.2) is 0 Å². The van der Waals surface area contributed by atoms with Crippen LogP contribution in [-0.2, 0) is 15.0 Å². The van der Waals surface area contributed by atoms with Crippen LogP contribution in [0.25, 0.3) is 5.76 Å². The molecule has 188 valence electrons. The molecule has 36 heavy (non-hydrogen) atoms. The highest BCUT2D eigenvalue weighted by Gasteiger charge is 2.48. The molecular weight excluding hydrogens is 474 g/mol. The first kappa shape index (κ1) is 25.6. The number of unbranched alkanes of at least 4 members (excludes halogenated alkanes) is 1. The number of benzene rings is 2. The highest BCUT2D eigenvalue weighted by molar-refractivity contribution is 7.15. The van der Waals surface area contributed by atoms with Crippen molar-refractivity contribution >= 4 is 33.9 Å². The minimum Gasteiger partial charge on any atom is -0.507 e. The van der Waals surface area contributed by atoms with E-state index in [0.717, 1.165) is 18.4 Å². The number of rotatable bonds is 7. The molecule has 0 aliphatic carbocycles. The zero-order valence-electron chi connectivity index (χ0n) is 21.2. The lowest BCUT2D eigenvalue weighted by atomic mass is 9.85. The topological polar surface area (TPSA) is 92.6 Å². The van der Waals surface area contributed by atoms with Gasteiger partial charge in [-0.3, -0.25) is 14.5 Å². The van der Waals surface area contributed by atoms with Crippen LogP contribution >= 0.6 is 11.3 Å². The quantitative estimate of drug-likeness (QED) is 0.185. The normalized spacial score (nSPS) is 17.6. The molecule has 0 radical (unpaired) electrons. The second kappa shape index (κ2) is 10.2. The van der Waals surface area contributed by atoms with Crippen LogP contribution in [-0.4, -0.2) is 33.6 Å². The van der Waals surface area contributed by atoms with Crippen molar-refractivity contribution in [3.63, 3.8) is 0 Å². The van der Waals surface area contributed by atoms with E-state index in [0.29, 0.717) is 33.6 Å². The van der Waals surface area contributed by atoms with Gasteiger partial charge in [-0.1, -0.05) is 69.7 Å². The van der Waals surface area contributed by atoms with Gasteiger partial charge in [0.1, 0.15) is 16.5 Å². The number of ether oxygens (including phenoxy) is 1. The first-order chi connectivity index (χ1) is 17.1. The minimum atomic E-state index is -0.827. The van der Waals surface area contributed by atoms with Crippen LogP contribution in [0.15, 0.2) is 54.1 Å². The third-order valence-electron chi connectivity index (χ3n) is 6.15. The minimum absolute atomic E-state index is 0.0241. The van der Waals surface area contributed by atoms with Gasteiger partial charge in [-0.05, 0) is 54.2 Å². The molecule has 3 aromatic rings. The lowest BCUT2D eigenvalue weighted by Gasteiger charge is -2.24. The molecule has 7 nitrogen and oxygen atoms in total. The van der Waals surface area contributed by atoms with Crippen molar-refractivity contribution in [1.82, 2.24) is 10.2 Å². The van der Waals surface area contributed by atoms with E-state index in [4.69, 9.17) is 4.74 Å². The highest BCUT2D eigenvalue weighted by Crippen LogP contribution is 2.43. The number of aromatic nitrogens is 2. The number of carbonyl (C=O) groups is 2. The summed E-state index contributed by atoms with van der Waals surface area (Å²) < 4.78 is 5.71. The van der Waals surface area contributed by atoms with Gasteiger partial charge in [0, 0.05) is 5.56 Å². The van der Waals surface area contributed by atoms with Gasteiger partial charge in [0.2, 0.25) is 5.13 Å². The standard InChI is InChI=1S/C28H31N3O4S/c1-6-7-16-35-21-14-10-19(11-15-21)24(32)22-23(18-8-12-20(13-9-18)28(3,4)5)31(26(34)25(22)33)27-30-29-17(2)36-27/h8-15,23,32H,6-7,16H2,1-5H3/b24-22-. The van der Waals surface area contributed by atoms with Crippen molar-refractivity contribution in [1.29, 1.82) is 0 Å². The van der Waals surface area contributed by atoms with Crippen LogP contribution in [0, 0.1) is 6.92 Å². The van der Waals surface area contributed by atoms with Gasteiger partial charge < -0.3 is 9.84 Å². The Morgan fingerprint density at radius 1 is 1.06 bits per heavy atom. The Morgan fingerprint density at radius 3 is 2.28 bits per heavy atom. The predicted molar refractivity (Wildman–Crippen MR) is 141 cm³/mol. The summed E-state index contributed by atoms with van der Waals surface area (Å²) in [7, 11) is 0. The number of aliphatic hydroxyl groups is 1. The number of nitrogens with zero attached hydrogens (tertiary/aromatic N) is 3. The Morgan fingerprint density at radius 2 is 1.72 bits per heavy atom. The van der Waals surface area contributed by atoms with Gasteiger partial charge in [-0.15, -0.1) is 10.2 Å². The SMILES string of the molecule is CCCCOc1ccc(/C(O)=C2/C(=O)C(=O)N(c3nnc(C)s3)C2c2ccc(C(C)(C)C)cc2)cc1. The smallest absolute Gasteiger partial charge is 0.301 e. The van der Waals surface area contributed by atoms with Crippen molar-refractivity contribution in [2.45, 2.75) is 58.9 Å². The monoisotopic (exact) mass is 505 g/mol. The Labute approximate surface area is 215 Å². The average Bonchev–Trinajstić information content (AvgIpc) is 3.39. The van der Waals surface area contributed by atoms with Gasteiger partial charge in [0.05, 0.1) is 18.2 Å². The van der Waals surface area contributed by atoms with Crippen molar-refractivity contribution in [2.24, 2.45) is 0 Å². The molecule has 2 heterocycles. The van der Waals surface area contributed by atoms with Crippen molar-refractivity contribution in [3.05, 3.63) is 75.8 Å². The van der Waals surface area contributed by atoms with Gasteiger partial charge >= 0.3 is 5.91 Å². The maximum atomic E-state index is 13.3. The van der Waals surface area contributed by atoms with Crippen LogP contribution in [0.4, 0.5) is 5.13 Å². The molecule has 8 heteroatoms. The predicted octanol–water partition coefficient (Wildman–Crippen LogP) is 5.95. The van der Waals surface area contributed by atoms with Gasteiger partial charge in [-0.2, -0.15) is 0 Å². The van der Waals surface area contributed by atoms with Gasteiger partial charge in [-0.25, -0.2) is 0 Å². The third-order valence-corrected chi connectivity index (χ3v) is 6.99. The third kappa shape index (κ3) is 5.04. The number of anilines is 1. The summed E-state index contributed by atoms with van der Waals surface area (Å²) in [6.07, 6.45) is 1.98. The number of amides is 1. The number of aliphatic hydroxyl groups excluding tert-OH is 1. The molecule has 1 N–H and O–H groups in total. The Bertz CT molecular complexity index is 1290. The summed E-state index contributed by atoms with van der Waals surface area (Å²) in [4.78, 5) is 27.8. The van der Waals surface area contributed by atoms with E-state index in [1.54, 1.807) is 31.2 Å². The zero-order chi connectivity index (χ0) is 26.0. The molecule has 1 unspecified atom stereocenters. The van der Waals surface area contributed by atoms with E-state index in [9.17, 15) is 14.7 Å².